The molecular formula is C56H60N3O9S. The normalized spacial score (nSPS) is 12.2. The fourth-order valence-electron chi connectivity index (χ4n) is 7.31. The number of unbranched alkanes of at least 4 members (excludes halogenated alkanes) is 7. The summed E-state index contributed by atoms with van der Waals surface area (Å²) < 4.78 is 28.9. The van der Waals surface area contributed by atoms with Crippen LogP contribution in [0.5, 0.6) is 17.2 Å². The predicted molar refractivity (Wildman–Crippen MR) is 273 cm³/mol. The summed E-state index contributed by atoms with van der Waals surface area (Å²) in [6.45, 7) is 10.8. The molecule has 0 spiro atoms. The molecule has 0 fully saturated rings. The number of carbonyl (C=O) groups is 4. The van der Waals surface area contributed by atoms with Crippen molar-refractivity contribution in [3.63, 3.8) is 0 Å². The number of ether oxygens (including phenoxy) is 5. The van der Waals surface area contributed by atoms with Crippen LogP contribution in [0.25, 0.3) is 15.8 Å². The molecule has 1 aliphatic rings. The van der Waals surface area contributed by atoms with Crippen LogP contribution in [0.1, 0.15) is 116 Å². The van der Waals surface area contributed by atoms with Gasteiger partial charge in [0.15, 0.2) is 5.78 Å². The van der Waals surface area contributed by atoms with E-state index in [4.69, 9.17) is 33.8 Å². The lowest BCUT2D eigenvalue weighted by molar-refractivity contribution is -0.138. The molecule has 5 aromatic rings. The van der Waals surface area contributed by atoms with E-state index in [-0.39, 0.29) is 12.2 Å². The molecule has 0 bridgehead atoms. The molecule has 0 unspecified atom stereocenters. The van der Waals surface area contributed by atoms with Crippen molar-refractivity contribution in [2.24, 2.45) is 5.10 Å². The lowest BCUT2D eigenvalue weighted by Gasteiger charge is -2.15. The van der Waals surface area contributed by atoms with Crippen LogP contribution in [-0.4, -0.2) is 60.8 Å². The van der Waals surface area contributed by atoms with Gasteiger partial charge in [-0.05, 0) is 148 Å². The number of nitrogens with zero attached hydrogens (tertiary/aromatic N) is 2. The van der Waals surface area contributed by atoms with Crippen LogP contribution in [0.15, 0.2) is 139 Å². The predicted octanol–water partition coefficient (Wildman–Crippen LogP) is 12.7. The number of ketones is 1. The molecule has 6 rings (SSSR count). The smallest absolute Gasteiger partial charge is 0.343 e. The summed E-state index contributed by atoms with van der Waals surface area (Å²) in [5, 5.41) is 5.60. The van der Waals surface area contributed by atoms with E-state index in [1.165, 1.54) is 17.4 Å². The van der Waals surface area contributed by atoms with Crippen LogP contribution in [0.3, 0.4) is 0 Å². The Labute approximate surface area is 408 Å². The van der Waals surface area contributed by atoms with E-state index in [0.717, 1.165) is 108 Å². The van der Waals surface area contributed by atoms with Gasteiger partial charge in [0.05, 0.1) is 47.9 Å². The number of hydrazone groups is 1. The maximum absolute atomic E-state index is 13.5. The van der Waals surface area contributed by atoms with Crippen molar-refractivity contribution in [1.82, 2.24) is 4.98 Å². The van der Waals surface area contributed by atoms with Crippen LogP contribution in [-0.2, 0) is 19.1 Å². The number of allylic oxidation sites excluding steroid dienone is 4. The van der Waals surface area contributed by atoms with Crippen LogP contribution < -0.4 is 19.6 Å². The van der Waals surface area contributed by atoms with Crippen LogP contribution in [0, 0.1) is 6.42 Å². The highest BCUT2D eigenvalue weighted by atomic mass is 32.1. The van der Waals surface area contributed by atoms with E-state index in [2.05, 4.69) is 25.5 Å². The number of aromatic nitrogens is 1. The third-order valence-electron chi connectivity index (χ3n) is 11.1. The number of thiazole rings is 1. The Hall–Kier alpha value is -7.12. The fraction of sp³-hybridized carbons (Fsp3) is 0.304. The van der Waals surface area contributed by atoms with Gasteiger partial charge in [-0.25, -0.2) is 19.4 Å². The van der Waals surface area contributed by atoms with Gasteiger partial charge >= 0.3 is 17.9 Å². The van der Waals surface area contributed by atoms with Crippen LogP contribution in [0.2, 0.25) is 0 Å². The fourth-order valence-corrected chi connectivity index (χ4v) is 8.12. The van der Waals surface area contributed by atoms with E-state index < -0.39 is 17.9 Å². The van der Waals surface area contributed by atoms with Gasteiger partial charge in [0.25, 0.3) is 0 Å². The molecule has 359 valence electrons. The topological polar surface area (TPSA) is 152 Å². The number of nitrogens with one attached hydrogen (secondary N) is 1. The van der Waals surface area contributed by atoms with Gasteiger partial charge in [-0.1, -0.05) is 73.8 Å². The molecule has 0 aliphatic heterocycles. The van der Waals surface area contributed by atoms with Gasteiger partial charge < -0.3 is 23.7 Å². The van der Waals surface area contributed by atoms with Crippen molar-refractivity contribution in [3.8, 4) is 17.2 Å². The number of hydrogen-bond acceptors (Lipinski definition) is 13. The van der Waals surface area contributed by atoms with E-state index in [0.29, 0.717) is 66.4 Å². The number of benzene rings is 4. The Morgan fingerprint density at radius 1 is 0.696 bits per heavy atom. The molecule has 1 heterocycles. The first-order chi connectivity index (χ1) is 33.7. The second-order valence-electron chi connectivity index (χ2n) is 16.3. The van der Waals surface area contributed by atoms with Gasteiger partial charge in [-0.3, -0.25) is 10.2 Å². The average molecular weight is 951 g/mol. The molecule has 1 radical (unpaired) electrons. The zero-order valence-electron chi connectivity index (χ0n) is 39.3. The second-order valence-corrected chi connectivity index (χ2v) is 17.3. The Morgan fingerprint density at radius 2 is 1.29 bits per heavy atom. The molecule has 1 N–H and O–H groups in total. The standard InChI is InChI=1S/C56H60N3O9S/c1-4-7-18-49(58-59-56-57-50-19-12-13-20-52(50)69-56)48-39-46(68-55(63)42-25-29-45(30-26-42)65-34-15-9-11-17-36-67-54(62)6-3)31-32-47(48)43-22-21-40(37-43)38-51(60)41-23-27-44(28-24-41)64-33-14-8-10-16-35-66-53(61)5-2/h5-6,12-13,19-32,37,39H,2-4,7-11,14-18,33-36,38H2,1H3,(H,57,59)/b58-49+. The Bertz CT molecular complexity index is 2600. The number of anilines is 1. The highest BCUT2D eigenvalue weighted by Gasteiger charge is 2.21. The molecule has 13 heteroatoms. The SMILES string of the molecule is C=CC(=O)OCCCCCCOc1ccc(C(=O)CC2=CC(c3ccc(OC(=O)c4ccc(OCCCCCCOC(=O)C=C)cc4)cc3/C(CCCC)=N/Nc3nc4ccccc4s3)=C[CH]2)cc1. The monoisotopic (exact) mass is 950 g/mol. The van der Waals surface area contributed by atoms with E-state index in [1.54, 1.807) is 42.5 Å². The minimum Gasteiger partial charge on any atom is -0.494 e. The summed E-state index contributed by atoms with van der Waals surface area (Å²) in [5.41, 5.74) is 9.28. The summed E-state index contributed by atoms with van der Waals surface area (Å²) >= 11 is 1.52. The quantitative estimate of drug-likeness (QED) is 0.00890. The number of esters is 3. The Morgan fingerprint density at radius 3 is 1.90 bits per heavy atom. The number of carbonyl (C=O) groups excluding carboxylic acids is 4. The third kappa shape index (κ3) is 16.6. The molecule has 0 amide bonds. The lowest BCUT2D eigenvalue weighted by Crippen LogP contribution is -2.11. The van der Waals surface area contributed by atoms with Crippen molar-refractivity contribution in [2.75, 3.05) is 31.9 Å². The molecule has 0 atom stereocenters. The summed E-state index contributed by atoms with van der Waals surface area (Å²) in [4.78, 5) is 54.1. The molecule has 4 aromatic carbocycles. The molecular weight excluding hydrogens is 891 g/mol. The number of rotatable bonds is 30. The summed E-state index contributed by atoms with van der Waals surface area (Å²) in [6, 6.07) is 27.6. The zero-order valence-corrected chi connectivity index (χ0v) is 40.1. The van der Waals surface area contributed by atoms with Gasteiger partial charge in [-0.2, -0.15) is 5.10 Å². The van der Waals surface area contributed by atoms with Gasteiger partial charge in [0.2, 0.25) is 5.13 Å². The largest absolute Gasteiger partial charge is 0.494 e. The summed E-state index contributed by atoms with van der Waals surface area (Å²) in [5.74, 6) is 0.379. The van der Waals surface area contributed by atoms with Crippen LogP contribution >= 0.6 is 11.3 Å². The third-order valence-corrected chi connectivity index (χ3v) is 12.0. The maximum Gasteiger partial charge on any atom is 0.343 e. The molecule has 12 nitrogen and oxygen atoms in total. The molecule has 1 aromatic heterocycles. The first kappa shape index (κ1) is 51.3. The highest BCUT2D eigenvalue weighted by molar-refractivity contribution is 7.22. The molecule has 69 heavy (non-hydrogen) atoms. The average Bonchev–Trinajstić information content (AvgIpc) is 4.02. The van der Waals surface area contributed by atoms with E-state index in [9.17, 15) is 19.2 Å². The van der Waals surface area contributed by atoms with Crippen molar-refractivity contribution in [3.05, 3.63) is 163 Å². The number of fused-ring (bicyclic) bond motifs is 1. The van der Waals surface area contributed by atoms with Crippen molar-refractivity contribution in [2.45, 2.75) is 84.0 Å². The first-order valence-corrected chi connectivity index (χ1v) is 24.4. The van der Waals surface area contributed by atoms with Crippen molar-refractivity contribution < 1.29 is 42.9 Å². The number of hydrogen-bond donors (Lipinski definition) is 1. The molecule has 1 aliphatic carbocycles. The van der Waals surface area contributed by atoms with Gasteiger partial charge in [0.1, 0.15) is 17.2 Å². The number of Topliss-reactive ketones (excluding diaryl/α,β-unsaturated/α-hetero) is 1. The first-order valence-electron chi connectivity index (χ1n) is 23.6. The van der Waals surface area contributed by atoms with Gasteiger partial charge in [0, 0.05) is 36.1 Å². The van der Waals surface area contributed by atoms with E-state index >= 15 is 0 Å². The van der Waals surface area contributed by atoms with Crippen molar-refractivity contribution >= 4 is 61.7 Å². The zero-order chi connectivity index (χ0) is 48.6. The maximum atomic E-state index is 13.5. The lowest BCUT2D eigenvalue weighted by atomic mass is 9.94. The van der Waals surface area contributed by atoms with Crippen molar-refractivity contribution in [1.29, 1.82) is 0 Å². The van der Waals surface area contributed by atoms with Crippen LogP contribution in [0.4, 0.5) is 5.13 Å². The Kier molecular flexibility index (Phi) is 20.5. The minimum atomic E-state index is -0.511. The molecule has 0 saturated carbocycles. The number of para-hydroxylation sites is 1. The summed E-state index contributed by atoms with van der Waals surface area (Å²) in [7, 11) is 0. The Balaban J connectivity index is 1.10. The summed E-state index contributed by atoms with van der Waals surface area (Å²) in [6.07, 6.45) is 18.0. The second kappa shape index (κ2) is 27.6. The molecule has 0 saturated heterocycles. The minimum absolute atomic E-state index is 0.0133. The van der Waals surface area contributed by atoms with E-state index in [1.807, 2.05) is 67.1 Å². The highest BCUT2D eigenvalue weighted by Crippen LogP contribution is 2.34. The van der Waals surface area contributed by atoms with Gasteiger partial charge in [-0.15, -0.1) is 0 Å².